The summed E-state index contributed by atoms with van der Waals surface area (Å²) in [6.07, 6.45) is 4.02. The maximum atomic E-state index is 12.9. The molecule has 1 aliphatic heterocycles. The fraction of sp³-hybridized carbons (Fsp3) is 0.588. The fourth-order valence-corrected chi connectivity index (χ4v) is 3.30. The van der Waals surface area contributed by atoms with Crippen LogP contribution in [-0.2, 0) is 11.3 Å². The lowest BCUT2D eigenvalue weighted by Crippen LogP contribution is -2.50. The van der Waals surface area contributed by atoms with E-state index >= 15 is 0 Å². The molecule has 1 amide bonds. The second kappa shape index (κ2) is 6.94. The van der Waals surface area contributed by atoms with Gasteiger partial charge in [0.25, 0.3) is 0 Å². The summed E-state index contributed by atoms with van der Waals surface area (Å²) in [5.41, 5.74) is 0.803. The van der Waals surface area contributed by atoms with E-state index in [1.165, 1.54) is 0 Å². The van der Waals surface area contributed by atoms with E-state index in [-0.39, 0.29) is 17.1 Å². The zero-order valence-corrected chi connectivity index (χ0v) is 13.1. The highest BCUT2D eigenvalue weighted by Gasteiger charge is 2.40. The van der Waals surface area contributed by atoms with Crippen LogP contribution >= 0.6 is 0 Å². The molecule has 4 nitrogen and oxygen atoms in total. The summed E-state index contributed by atoms with van der Waals surface area (Å²) in [6.45, 7) is 4.54. The molecular weight excluding hydrogens is 264 g/mol. The first kappa shape index (κ1) is 15.8. The number of rotatable bonds is 5. The van der Waals surface area contributed by atoms with Gasteiger partial charge in [0.05, 0.1) is 5.41 Å². The van der Waals surface area contributed by atoms with Crippen molar-refractivity contribution < 1.29 is 9.90 Å². The topological polar surface area (TPSA) is 52.6 Å². The van der Waals surface area contributed by atoms with Crippen LogP contribution in [0, 0.1) is 5.41 Å². The molecule has 0 spiro atoms. The van der Waals surface area contributed by atoms with Gasteiger partial charge in [-0.05, 0) is 43.5 Å². The first-order valence-corrected chi connectivity index (χ1v) is 7.81. The van der Waals surface area contributed by atoms with Crippen LogP contribution in [0.5, 0.6) is 5.75 Å². The number of nitrogens with zero attached hydrogens (tertiary/aromatic N) is 1. The third-order valence-electron chi connectivity index (χ3n) is 4.36. The van der Waals surface area contributed by atoms with Crippen LogP contribution in [0.15, 0.2) is 24.3 Å². The Kier molecular flexibility index (Phi) is 5.23. The lowest BCUT2D eigenvalue weighted by atomic mass is 9.75. The molecule has 1 saturated heterocycles. The Bertz CT molecular complexity index is 459. The largest absolute Gasteiger partial charge is 0.508 e. The maximum Gasteiger partial charge on any atom is 0.230 e. The molecule has 2 N–H and O–H groups in total. The predicted molar refractivity (Wildman–Crippen MR) is 84.0 cm³/mol. The summed E-state index contributed by atoms with van der Waals surface area (Å²) >= 11 is 0. The molecular formula is C17H26N2O2. The van der Waals surface area contributed by atoms with Gasteiger partial charge >= 0.3 is 0 Å². The summed E-state index contributed by atoms with van der Waals surface area (Å²) in [5.74, 6) is 0.497. The maximum absolute atomic E-state index is 12.9. The number of hydrogen-bond acceptors (Lipinski definition) is 3. The van der Waals surface area contributed by atoms with Gasteiger partial charge in [-0.15, -0.1) is 0 Å². The van der Waals surface area contributed by atoms with E-state index in [4.69, 9.17) is 0 Å². The molecule has 1 heterocycles. The quantitative estimate of drug-likeness (QED) is 0.876. The molecule has 116 valence electrons. The van der Waals surface area contributed by atoms with Crippen LogP contribution in [0.25, 0.3) is 0 Å². The summed E-state index contributed by atoms with van der Waals surface area (Å²) in [7, 11) is 1.88. The molecule has 0 aromatic heterocycles. The van der Waals surface area contributed by atoms with Gasteiger partial charge in [0, 0.05) is 20.1 Å². The van der Waals surface area contributed by atoms with Gasteiger partial charge in [-0.2, -0.15) is 0 Å². The van der Waals surface area contributed by atoms with E-state index in [0.717, 1.165) is 44.3 Å². The molecule has 0 bridgehead atoms. The van der Waals surface area contributed by atoms with Gasteiger partial charge in [-0.1, -0.05) is 25.5 Å². The van der Waals surface area contributed by atoms with E-state index in [1.807, 2.05) is 24.1 Å². The van der Waals surface area contributed by atoms with E-state index in [1.54, 1.807) is 12.1 Å². The van der Waals surface area contributed by atoms with Crippen LogP contribution in [-0.4, -0.2) is 36.1 Å². The number of carbonyl (C=O) groups is 1. The monoisotopic (exact) mass is 290 g/mol. The molecule has 1 atom stereocenters. The molecule has 4 heteroatoms. The third kappa shape index (κ3) is 3.76. The Morgan fingerprint density at radius 2 is 2.10 bits per heavy atom. The normalized spacial score (nSPS) is 22.0. The van der Waals surface area contributed by atoms with Crippen molar-refractivity contribution in [2.75, 3.05) is 20.1 Å². The van der Waals surface area contributed by atoms with Crippen molar-refractivity contribution in [3.8, 4) is 5.75 Å². The third-order valence-corrected chi connectivity index (χ3v) is 4.36. The molecule has 1 fully saturated rings. The van der Waals surface area contributed by atoms with Gasteiger partial charge in [-0.25, -0.2) is 0 Å². The average Bonchev–Trinajstić information content (AvgIpc) is 2.50. The second-order valence-corrected chi connectivity index (χ2v) is 6.14. The zero-order valence-electron chi connectivity index (χ0n) is 13.1. The Hall–Kier alpha value is -1.55. The summed E-state index contributed by atoms with van der Waals surface area (Å²) in [6, 6.07) is 7.06. The van der Waals surface area contributed by atoms with E-state index in [2.05, 4.69) is 12.2 Å². The molecule has 1 aliphatic rings. The van der Waals surface area contributed by atoms with Crippen molar-refractivity contribution in [3.63, 3.8) is 0 Å². The van der Waals surface area contributed by atoms with Gasteiger partial charge in [0.2, 0.25) is 5.91 Å². The van der Waals surface area contributed by atoms with Crippen molar-refractivity contribution in [1.29, 1.82) is 0 Å². The summed E-state index contributed by atoms with van der Waals surface area (Å²) in [5, 5.41) is 12.7. The van der Waals surface area contributed by atoms with E-state index in [9.17, 15) is 9.90 Å². The van der Waals surface area contributed by atoms with E-state index in [0.29, 0.717) is 6.54 Å². The molecule has 1 unspecified atom stereocenters. The molecule has 0 aliphatic carbocycles. The minimum atomic E-state index is -0.237. The lowest BCUT2D eigenvalue weighted by molar-refractivity contribution is -0.143. The van der Waals surface area contributed by atoms with Crippen molar-refractivity contribution >= 4 is 5.91 Å². The lowest BCUT2D eigenvalue weighted by Gasteiger charge is -2.39. The van der Waals surface area contributed by atoms with Gasteiger partial charge in [0.15, 0.2) is 0 Å². The zero-order chi connectivity index (χ0) is 15.3. The standard InChI is InChI=1S/C17H26N2O2/c1-3-9-17(10-4-11-18-13-17)16(21)19(2)12-14-5-7-15(20)8-6-14/h5-8,18,20H,3-4,9-13H2,1-2H3. The first-order chi connectivity index (χ1) is 10.1. The van der Waals surface area contributed by atoms with Gasteiger partial charge in [-0.3, -0.25) is 4.79 Å². The number of phenols is 1. The number of amides is 1. The molecule has 2 rings (SSSR count). The van der Waals surface area contributed by atoms with Crippen LogP contribution in [0.4, 0.5) is 0 Å². The SMILES string of the molecule is CCCC1(C(=O)N(C)Cc2ccc(O)cc2)CCCNC1. The number of benzene rings is 1. The Morgan fingerprint density at radius 3 is 2.67 bits per heavy atom. The fourth-order valence-electron chi connectivity index (χ4n) is 3.30. The number of piperidine rings is 1. The molecule has 21 heavy (non-hydrogen) atoms. The predicted octanol–water partition coefficient (Wildman–Crippen LogP) is 2.52. The molecule has 1 aromatic carbocycles. The number of carbonyl (C=O) groups excluding carboxylic acids is 1. The van der Waals surface area contributed by atoms with Gasteiger partial charge < -0.3 is 15.3 Å². The van der Waals surface area contributed by atoms with Crippen LogP contribution in [0.1, 0.15) is 38.2 Å². The van der Waals surface area contributed by atoms with Crippen LogP contribution in [0.2, 0.25) is 0 Å². The van der Waals surface area contributed by atoms with Crippen LogP contribution < -0.4 is 5.32 Å². The van der Waals surface area contributed by atoms with Crippen molar-refractivity contribution in [1.82, 2.24) is 10.2 Å². The van der Waals surface area contributed by atoms with Crippen molar-refractivity contribution in [2.45, 2.75) is 39.2 Å². The van der Waals surface area contributed by atoms with Gasteiger partial charge in [0.1, 0.15) is 5.75 Å². The highest BCUT2D eigenvalue weighted by atomic mass is 16.3. The Morgan fingerprint density at radius 1 is 1.38 bits per heavy atom. The minimum Gasteiger partial charge on any atom is -0.508 e. The Labute approximate surface area is 127 Å². The number of aromatic hydroxyl groups is 1. The number of phenolic OH excluding ortho intramolecular Hbond substituents is 1. The summed E-state index contributed by atoms with van der Waals surface area (Å²) < 4.78 is 0. The molecule has 0 saturated carbocycles. The van der Waals surface area contributed by atoms with Crippen molar-refractivity contribution in [3.05, 3.63) is 29.8 Å². The smallest absolute Gasteiger partial charge is 0.230 e. The van der Waals surface area contributed by atoms with Crippen LogP contribution in [0.3, 0.4) is 0 Å². The van der Waals surface area contributed by atoms with E-state index < -0.39 is 0 Å². The highest BCUT2D eigenvalue weighted by Crippen LogP contribution is 2.34. The molecule has 1 aromatic rings. The Balaban J connectivity index is 2.07. The van der Waals surface area contributed by atoms with Crippen molar-refractivity contribution in [2.24, 2.45) is 5.41 Å². The first-order valence-electron chi connectivity index (χ1n) is 7.81. The second-order valence-electron chi connectivity index (χ2n) is 6.14. The average molecular weight is 290 g/mol. The highest BCUT2D eigenvalue weighted by molar-refractivity contribution is 5.83. The number of nitrogens with one attached hydrogen (secondary N) is 1. The minimum absolute atomic E-state index is 0.237. The number of hydrogen-bond donors (Lipinski definition) is 2. The summed E-state index contributed by atoms with van der Waals surface area (Å²) in [4.78, 5) is 14.7. The molecule has 0 radical (unpaired) electrons.